The Bertz CT molecular complexity index is 565. The summed E-state index contributed by atoms with van der Waals surface area (Å²) in [7, 11) is 0. The number of anilines is 1. The van der Waals surface area contributed by atoms with E-state index in [-0.39, 0.29) is 20.9 Å². The predicted octanol–water partition coefficient (Wildman–Crippen LogP) is 4.31. The molecule has 3 N–H and O–H groups in total. The first-order chi connectivity index (χ1) is 9.86. The van der Waals surface area contributed by atoms with E-state index in [1.54, 1.807) is 0 Å². The highest BCUT2D eigenvalue weighted by Crippen LogP contribution is 2.38. The highest BCUT2D eigenvalue weighted by molar-refractivity contribution is 7.80. The van der Waals surface area contributed by atoms with Crippen molar-refractivity contribution in [3.05, 3.63) is 28.0 Å². The van der Waals surface area contributed by atoms with Gasteiger partial charge in [0.25, 0.3) is 0 Å². The minimum Gasteiger partial charge on any atom is -0.392 e. The number of benzene rings is 1. The van der Waals surface area contributed by atoms with Gasteiger partial charge in [0.1, 0.15) is 0 Å². The summed E-state index contributed by atoms with van der Waals surface area (Å²) in [5, 5.41) is 2.41. The number of halogens is 3. The van der Waals surface area contributed by atoms with Crippen molar-refractivity contribution < 1.29 is 9.18 Å². The zero-order valence-corrected chi connectivity index (χ0v) is 13.5. The van der Waals surface area contributed by atoms with E-state index in [0.29, 0.717) is 18.5 Å². The van der Waals surface area contributed by atoms with Gasteiger partial charge in [-0.1, -0.05) is 54.7 Å². The van der Waals surface area contributed by atoms with Crippen LogP contribution >= 0.6 is 35.4 Å². The molecule has 1 saturated carbocycles. The smallest absolute Gasteiger partial charge is 0.237 e. The van der Waals surface area contributed by atoms with Crippen molar-refractivity contribution >= 4 is 52.0 Å². The third-order valence-electron chi connectivity index (χ3n) is 3.86. The molecule has 1 aromatic rings. The number of amides is 1. The Kier molecular flexibility index (Phi) is 5.07. The van der Waals surface area contributed by atoms with E-state index in [2.05, 4.69) is 5.32 Å². The molecule has 0 aliphatic heterocycles. The van der Waals surface area contributed by atoms with Crippen molar-refractivity contribution in [3.8, 4) is 0 Å². The second-order valence-electron chi connectivity index (χ2n) is 5.22. The number of hydrogen-bond acceptors (Lipinski definition) is 2. The second kappa shape index (κ2) is 6.46. The largest absolute Gasteiger partial charge is 0.392 e. The quantitative estimate of drug-likeness (QED) is 0.632. The van der Waals surface area contributed by atoms with Crippen LogP contribution in [-0.4, -0.2) is 10.9 Å². The molecule has 1 amide bonds. The zero-order chi connectivity index (χ0) is 15.6. The maximum absolute atomic E-state index is 13.4. The van der Waals surface area contributed by atoms with Gasteiger partial charge in [-0.3, -0.25) is 4.79 Å². The Morgan fingerprint density at radius 1 is 1.24 bits per heavy atom. The van der Waals surface area contributed by atoms with Crippen LogP contribution in [-0.2, 0) is 4.79 Å². The molecule has 0 radical (unpaired) electrons. The molecule has 114 valence electrons. The van der Waals surface area contributed by atoms with E-state index in [9.17, 15) is 9.18 Å². The maximum atomic E-state index is 13.4. The minimum absolute atomic E-state index is 0.147. The zero-order valence-electron chi connectivity index (χ0n) is 11.2. The van der Waals surface area contributed by atoms with Crippen molar-refractivity contribution in [2.75, 3.05) is 5.32 Å². The molecule has 1 aliphatic carbocycles. The standard InChI is InChI=1S/C14H15Cl2FN2OS/c15-9-6-8(7-10(16)11(9)17)19-13(20)14(12(18)21)4-2-1-3-5-14/h6-7H,1-5H2,(H2,18,21)(H,19,20). The number of thiocarbonyl (C=S) groups is 1. The Hall–Kier alpha value is -0.910. The van der Waals surface area contributed by atoms with E-state index in [4.69, 9.17) is 41.2 Å². The first kappa shape index (κ1) is 16.5. The number of nitrogens with one attached hydrogen (secondary N) is 1. The average molecular weight is 349 g/mol. The molecule has 0 unspecified atom stereocenters. The summed E-state index contributed by atoms with van der Waals surface area (Å²) in [5.74, 6) is -0.994. The molecule has 0 heterocycles. The van der Waals surface area contributed by atoms with Crippen LogP contribution in [0.3, 0.4) is 0 Å². The number of carbonyl (C=O) groups is 1. The fourth-order valence-corrected chi connectivity index (χ4v) is 3.40. The fraction of sp³-hybridized carbons (Fsp3) is 0.429. The SMILES string of the molecule is NC(=S)C1(C(=O)Nc2cc(Cl)c(F)c(Cl)c2)CCCCC1. The van der Waals surface area contributed by atoms with Crippen LogP contribution in [0.25, 0.3) is 0 Å². The predicted molar refractivity (Wildman–Crippen MR) is 87.4 cm³/mol. The van der Waals surface area contributed by atoms with Crippen molar-refractivity contribution in [1.82, 2.24) is 0 Å². The van der Waals surface area contributed by atoms with Crippen LogP contribution in [0.1, 0.15) is 32.1 Å². The maximum Gasteiger partial charge on any atom is 0.237 e. The minimum atomic E-state index is -0.846. The third-order valence-corrected chi connectivity index (χ3v) is 4.80. The van der Waals surface area contributed by atoms with Gasteiger partial charge in [0.15, 0.2) is 5.82 Å². The first-order valence-electron chi connectivity index (χ1n) is 6.63. The van der Waals surface area contributed by atoms with Crippen LogP contribution in [0.15, 0.2) is 12.1 Å². The van der Waals surface area contributed by atoms with Crippen LogP contribution in [0, 0.1) is 11.2 Å². The molecule has 0 bridgehead atoms. The molecule has 21 heavy (non-hydrogen) atoms. The van der Waals surface area contributed by atoms with E-state index in [0.717, 1.165) is 19.3 Å². The second-order valence-corrected chi connectivity index (χ2v) is 6.47. The Morgan fingerprint density at radius 3 is 2.24 bits per heavy atom. The van der Waals surface area contributed by atoms with Crippen molar-refractivity contribution in [3.63, 3.8) is 0 Å². The van der Waals surface area contributed by atoms with Crippen molar-refractivity contribution in [1.29, 1.82) is 0 Å². The van der Waals surface area contributed by atoms with E-state index >= 15 is 0 Å². The lowest BCUT2D eigenvalue weighted by Gasteiger charge is -2.34. The fourth-order valence-electron chi connectivity index (χ4n) is 2.62. The van der Waals surface area contributed by atoms with Gasteiger partial charge in [-0.05, 0) is 25.0 Å². The van der Waals surface area contributed by atoms with Gasteiger partial charge in [0, 0.05) is 5.69 Å². The van der Waals surface area contributed by atoms with Gasteiger partial charge in [-0.15, -0.1) is 0 Å². The average Bonchev–Trinajstić information content (AvgIpc) is 2.45. The normalized spacial score (nSPS) is 17.3. The van der Waals surface area contributed by atoms with Crippen molar-refractivity contribution in [2.24, 2.45) is 11.1 Å². The summed E-state index contributed by atoms with van der Waals surface area (Å²) in [6.45, 7) is 0. The summed E-state index contributed by atoms with van der Waals surface area (Å²) >= 11 is 16.5. The number of rotatable bonds is 3. The molecule has 1 fully saturated rings. The molecule has 3 nitrogen and oxygen atoms in total. The third kappa shape index (κ3) is 3.30. The lowest BCUT2D eigenvalue weighted by atomic mass is 9.73. The highest BCUT2D eigenvalue weighted by atomic mass is 35.5. The summed E-state index contributed by atoms with van der Waals surface area (Å²) in [5.41, 5.74) is 5.28. The van der Waals surface area contributed by atoms with Gasteiger partial charge in [0.2, 0.25) is 5.91 Å². The highest BCUT2D eigenvalue weighted by Gasteiger charge is 2.42. The summed E-state index contributed by atoms with van der Waals surface area (Å²) < 4.78 is 13.4. The summed E-state index contributed by atoms with van der Waals surface area (Å²) in [6, 6.07) is 2.63. The van der Waals surface area contributed by atoms with Gasteiger partial charge >= 0.3 is 0 Å². The van der Waals surface area contributed by atoms with E-state index in [1.807, 2.05) is 0 Å². The van der Waals surface area contributed by atoms with Crippen LogP contribution in [0.2, 0.25) is 10.0 Å². The number of nitrogens with two attached hydrogens (primary N) is 1. The Balaban J connectivity index is 2.25. The first-order valence-corrected chi connectivity index (χ1v) is 7.79. The lowest BCUT2D eigenvalue weighted by molar-refractivity contribution is -0.123. The number of hydrogen-bond donors (Lipinski definition) is 2. The summed E-state index contributed by atoms with van der Waals surface area (Å²) in [6.07, 6.45) is 4.10. The molecule has 2 rings (SSSR count). The summed E-state index contributed by atoms with van der Waals surface area (Å²) in [4.78, 5) is 12.8. The molecule has 0 aromatic heterocycles. The molecule has 0 spiro atoms. The molecule has 0 saturated heterocycles. The van der Waals surface area contributed by atoms with E-state index in [1.165, 1.54) is 12.1 Å². The van der Waals surface area contributed by atoms with Crippen LogP contribution in [0.5, 0.6) is 0 Å². The van der Waals surface area contributed by atoms with Crippen LogP contribution < -0.4 is 11.1 Å². The van der Waals surface area contributed by atoms with Gasteiger partial charge in [-0.2, -0.15) is 0 Å². The van der Waals surface area contributed by atoms with Crippen molar-refractivity contribution in [2.45, 2.75) is 32.1 Å². The molecular weight excluding hydrogens is 334 g/mol. The lowest BCUT2D eigenvalue weighted by Crippen LogP contribution is -2.47. The molecule has 7 heteroatoms. The Morgan fingerprint density at radius 2 is 1.76 bits per heavy atom. The van der Waals surface area contributed by atoms with Gasteiger partial charge in [-0.25, -0.2) is 4.39 Å². The monoisotopic (exact) mass is 348 g/mol. The van der Waals surface area contributed by atoms with Crippen LogP contribution in [0.4, 0.5) is 10.1 Å². The van der Waals surface area contributed by atoms with E-state index < -0.39 is 11.2 Å². The molecular formula is C14H15Cl2FN2OS. The van der Waals surface area contributed by atoms with Gasteiger partial charge in [0.05, 0.1) is 20.4 Å². The molecule has 1 aliphatic rings. The molecule has 0 atom stereocenters. The Labute approximate surface area is 138 Å². The van der Waals surface area contributed by atoms with Gasteiger partial charge < -0.3 is 11.1 Å². The topological polar surface area (TPSA) is 55.1 Å². The molecule has 1 aromatic carbocycles. The number of carbonyl (C=O) groups excluding carboxylic acids is 1.